The predicted molar refractivity (Wildman–Crippen MR) is 56.7 cm³/mol. The van der Waals surface area contributed by atoms with E-state index in [-0.39, 0.29) is 0 Å². The summed E-state index contributed by atoms with van der Waals surface area (Å²) in [5.41, 5.74) is 1.06. The van der Waals surface area contributed by atoms with Crippen LogP contribution in [0.3, 0.4) is 0 Å². The fourth-order valence-corrected chi connectivity index (χ4v) is 4.31. The van der Waals surface area contributed by atoms with E-state index in [4.69, 9.17) is 0 Å². The zero-order chi connectivity index (χ0) is 9.85. The highest BCUT2D eigenvalue weighted by Crippen LogP contribution is 2.65. The molecule has 3 rings (SSSR count). The SMILES string of the molecule is CC1CCC2CC1(N(C)C)C2(C)C. The Labute approximate surface area is 82.5 Å². The lowest BCUT2D eigenvalue weighted by molar-refractivity contribution is -0.198. The monoisotopic (exact) mass is 181 g/mol. The van der Waals surface area contributed by atoms with Gasteiger partial charge in [0.1, 0.15) is 0 Å². The van der Waals surface area contributed by atoms with E-state index in [1.807, 2.05) is 0 Å². The number of fused-ring (bicyclic) bond motifs is 2. The van der Waals surface area contributed by atoms with E-state index in [0.29, 0.717) is 11.0 Å². The van der Waals surface area contributed by atoms with Crippen LogP contribution in [0.4, 0.5) is 0 Å². The quantitative estimate of drug-likeness (QED) is 0.601. The zero-order valence-electron chi connectivity index (χ0n) is 9.72. The Kier molecular flexibility index (Phi) is 1.83. The summed E-state index contributed by atoms with van der Waals surface area (Å²) in [6, 6.07) is 0. The number of hydrogen-bond acceptors (Lipinski definition) is 1. The lowest BCUT2D eigenvalue weighted by Gasteiger charge is -2.71. The van der Waals surface area contributed by atoms with Crippen molar-refractivity contribution >= 4 is 0 Å². The molecule has 0 aromatic heterocycles. The summed E-state index contributed by atoms with van der Waals surface area (Å²) in [4.78, 5) is 2.49. The highest BCUT2D eigenvalue weighted by Gasteiger charge is 2.65. The molecular weight excluding hydrogens is 158 g/mol. The Balaban J connectivity index is 2.34. The fourth-order valence-electron chi connectivity index (χ4n) is 4.31. The molecule has 0 aromatic rings. The van der Waals surface area contributed by atoms with Crippen molar-refractivity contribution in [3.05, 3.63) is 0 Å². The highest BCUT2D eigenvalue weighted by atomic mass is 15.2. The van der Waals surface area contributed by atoms with Gasteiger partial charge in [0, 0.05) is 5.54 Å². The first kappa shape index (κ1) is 9.51. The Morgan fingerprint density at radius 2 is 1.77 bits per heavy atom. The molecule has 3 aliphatic rings. The Morgan fingerprint density at radius 1 is 1.15 bits per heavy atom. The van der Waals surface area contributed by atoms with Crippen LogP contribution in [0, 0.1) is 17.3 Å². The highest BCUT2D eigenvalue weighted by molar-refractivity contribution is 5.18. The van der Waals surface area contributed by atoms with Gasteiger partial charge < -0.3 is 4.90 Å². The summed E-state index contributed by atoms with van der Waals surface area (Å²) in [5, 5.41) is 0. The molecule has 3 fully saturated rings. The molecule has 1 heteroatoms. The standard InChI is InChI=1S/C12H23N/c1-9-6-7-10-8-12(9,13(4)5)11(10,2)3/h9-10H,6-8H2,1-5H3. The van der Waals surface area contributed by atoms with Crippen LogP contribution in [0.5, 0.6) is 0 Å². The molecule has 0 heterocycles. The molecule has 0 N–H and O–H groups in total. The lowest BCUT2D eigenvalue weighted by atomic mass is 9.40. The lowest BCUT2D eigenvalue weighted by Crippen LogP contribution is -2.73. The number of hydrogen-bond donors (Lipinski definition) is 0. The topological polar surface area (TPSA) is 3.24 Å². The van der Waals surface area contributed by atoms with Crippen LogP contribution in [0.15, 0.2) is 0 Å². The van der Waals surface area contributed by atoms with E-state index in [1.165, 1.54) is 19.3 Å². The average Bonchev–Trinajstić information content (AvgIpc) is 2.02. The maximum Gasteiger partial charge on any atom is 0.0285 e. The second kappa shape index (κ2) is 2.50. The third-order valence-corrected chi connectivity index (χ3v) is 5.26. The van der Waals surface area contributed by atoms with Crippen LogP contribution in [0.2, 0.25) is 0 Å². The zero-order valence-corrected chi connectivity index (χ0v) is 9.72. The van der Waals surface area contributed by atoms with Crippen molar-refractivity contribution in [3.8, 4) is 0 Å². The number of rotatable bonds is 1. The van der Waals surface area contributed by atoms with Gasteiger partial charge in [-0.3, -0.25) is 0 Å². The van der Waals surface area contributed by atoms with Crippen LogP contribution in [0.25, 0.3) is 0 Å². The van der Waals surface area contributed by atoms with E-state index < -0.39 is 0 Å². The molecule has 0 aliphatic heterocycles. The minimum absolute atomic E-state index is 0.510. The van der Waals surface area contributed by atoms with Gasteiger partial charge in [-0.2, -0.15) is 0 Å². The van der Waals surface area contributed by atoms with Crippen molar-refractivity contribution in [2.24, 2.45) is 17.3 Å². The van der Waals surface area contributed by atoms with Gasteiger partial charge in [-0.1, -0.05) is 20.8 Å². The molecular formula is C12H23N. The first-order valence-electron chi connectivity index (χ1n) is 5.60. The van der Waals surface area contributed by atoms with Crippen molar-refractivity contribution in [1.82, 2.24) is 4.90 Å². The minimum atomic E-state index is 0.510. The van der Waals surface area contributed by atoms with E-state index in [2.05, 4.69) is 39.8 Å². The Morgan fingerprint density at radius 3 is 2.08 bits per heavy atom. The van der Waals surface area contributed by atoms with Gasteiger partial charge in [0.05, 0.1) is 0 Å². The van der Waals surface area contributed by atoms with Gasteiger partial charge in [-0.15, -0.1) is 0 Å². The van der Waals surface area contributed by atoms with Gasteiger partial charge in [-0.25, -0.2) is 0 Å². The molecule has 13 heavy (non-hydrogen) atoms. The van der Waals surface area contributed by atoms with Crippen molar-refractivity contribution in [2.75, 3.05) is 14.1 Å². The molecule has 2 bridgehead atoms. The average molecular weight is 181 g/mol. The van der Waals surface area contributed by atoms with Crippen LogP contribution >= 0.6 is 0 Å². The molecule has 0 radical (unpaired) electrons. The van der Waals surface area contributed by atoms with Crippen molar-refractivity contribution in [1.29, 1.82) is 0 Å². The molecule has 3 unspecified atom stereocenters. The van der Waals surface area contributed by atoms with Crippen molar-refractivity contribution < 1.29 is 0 Å². The largest absolute Gasteiger partial charge is 0.303 e. The summed E-state index contributed by atoms with van der Waals surface area (Å²) >= 11 is 0. The summed E-state index contributed by atoms with van der Waals surface area (Å²) in [6.07, 6.45) is 4.34. The van der Waals surface area contributed by atoms with Crippen LogP contribution < -0.4 is 0 Å². The van der Waals surface area contributed by atoms with Gasteiger partial charge in [0.15, 0.2) is 0 Å². The van der Waals surface area contributed by atoms with Gasteiger partial charge >= 0.3 is 0 Å². The molecule has 3 aliphatic carbocycles. The third kappa shape index (κ3) is 0.869. The van der Waals surface area contributed by atoms with Crippen molar-refractivity contribution in [2.45, 2.75) is 45.6 Å². The second-order valence-electron chi connectivity index (χ2n) is 5.92. The molecule has 1 nitrogen and oxygen atoms in total. The maximum absolute atomic E-state index is 2.49. The summed E-state index contributed by atoms with van der Waals surface area (Å²) in [6.45, 7) is 7.38. The van der Waals surface area contributed by atoms with Crippen molar-refractivity contribution in [3.63, 3.8) is 0 Å². The Bertz CT molecular complexity index is 219. The summed E-state index contributed by atoms with van der Waals surface area (Å²) < 4.78 is 0. The van der Waals surface area contributed by atoms with Crippen LogP contribution in [-0.2, 0) is 0 Å². The maximum atomic E-state index is 2.49. The summed E-state index contributed by atoms with van der Waals surface area (Å²) in [5.74, 6) is 1.87. The predicted octanol–water partition coefficient (Wildman–Crippen LogP) is 2.76. The van der Waals surface area contributed by atoms with Crippen LogP contribution in [0.1, 0.15) is 40.0 Å². The minimum Gasteiger partial charge on any atom is -0.303 e. The van der Waals surface area contributed by atoms with Gasteiger partial charge in [-0.05, 0) is 50.6 Å². The molecule has 0 amide bonds. The first-order chi connectivity index (χ1) is 5.93. The third-order valence-electron chi connectivity index (χ3n) is 5.26. The molecule has 0 saturated heterocycles. The Hall–Kier alpha value is -0.0400. The molecule has 0 aromatic carbocycles. The first-order valence-corrected chi connectivity index (χ1v) is 5.60. The van der Waals surface area contributed by atoms with E-state index in [9.17, 15) is 0 Å². The second-order valence-corrected chi connectivity index (χ2v) is 5.92. The fraction of sp³-hybridized carbons (Fsp3) is 1.00. The molecule has 76 valence electrons. The van der Waals surface area contributed by atoms with Gasteiger partial charge in [0.25, 0.3) is 0 Å². The van der Waals surface area contributed by atoms with E-state index in [0.717, 1.165) is 11.8 Å². The summed E-state index contributed by atoms with van der Waals surface area (Å²) in [7, 11) is 4.53. The van der Waals surface area contributed by atoms with Crippen LogP contribution in [-0.4, -0.2) is 24.5 Å². The van der Waals surface area contributed by atoms with Gasteiger partial charge in [0.2, 0.25) is 0 Å². The van der Waals surface area contributed by atoms with E-state index in [1.54, 1.807) is 0 Å². The normalized spacial score (nSPS) is 47.5. The smallest absolute Gasteiger partial charge is 0.0285 e. The molecule has 0 spiro atoms. The van der Waals surface area contributed by atoms with E-state index >= 15 is 0 Å². The molecule has 3 atom stereocenters. The number of nitrogens with zero attached hydrogens (tertiary/aromatic N) is 1. The molecule has 3 saturated carbocycles.